The minimum absolute atomic E-state index is 0.0653. The molecule has 0 radical (unpaired) electrons. The summed E-state index contributed by atoms with van der Waals surface area (Å²) in [7, 11) is 0. The Labute approximate surface area is 218 Å². The topological polar surface area (TPSA) is 121 Å². The van der Waals surface area contributed by atoms with Crippen LogP contribution in [-0.2, 0) is 20.7 Å². The van der Waals surface area contributed by atoms with Crippen LogP contribution in [0.3, 0.4) is 0 Å². The van der Waals surface area contributed by atoms with Gasteiger partial charge in [-0.1, -0.05) is 39.3 Å². The van der Waals surface area contributed by atoms with Crippen molar-refractivity contribution in [3.05, 3.63) is 33.3 Å². The highest BCUT2D eigenvalue weighted by Crippen LogP contribution is 2.32. The molecule has 1 aromatic rings. The third-order valence-electron chi connectivity index (χ3n) is 7.20. The van der Waals surface area contributed by atoms with Crippen molar-refractivity contribution in [3.63, 3.8) is 0 Å². The Balaban J connectivity index is 2.33. The van der Waals surface area contributed by atoms with Crippen molar-refractivity contribution in [1.82, 2.24) is 4.98 Å². The number of rotatable bonds is 3. The summed E-state index contributed by atoms with van der Waals surface area (Å²) in [6.07, 6.45) is 4.20. The van der Waals surface area contributed by atoms with Crippen LogP contribution in [0.1, 0.15) is 84.3 Å². The summed E-state index contributed by atoms with van der Waals surface area (Å²) in [5.74, 6) is -1.59. The Kier molecular flexibility index (Phi) is 11.0. The predicted octanol–water partition coefficient (Wildman–Crippen LogP) is 5.02. The number of allylic oxidation sites excluding steroid dienone is 1. The van der Waals surface area contributed by atoms with Crippen molar-refractivity contribution in [1.29, 1.82) is 5.26 Å². The molecule has 1 aliphatic rings. The molecule has 8 heteroatoms. The third kappa shape index (κ3) is 8.09. The lowest BCUT2D eigenvalue weighted by Gasteiger charge is -2.34. The molecule has 36 heavy (non-hydrogen) atoms. The van der Waals surface area contributed by atoms with Gasteiger partial charge in [0.25, 0.3) is 0 Å². The highest BCUT2D eigenvalue weighted by atomic mass is 32.1. The van der Waals surface area contributed by atoms with E-state index in [9.17, 15) is 19.8 Å². The maximum absolute atomic E-state index is 13.2. The Bertz CT molecular complexity index is 1020. The van der Waals surface area contributed by atoms with E-state index < -0.39 is 35.6 Å². The van der Waals surface area contributed by atoms with E-state index in [1.165, 1.54) is 11.3 Å². The number of aromatic nitrogens is 1. The van der Waals surface area contributed by atoms with Crippen molar-refractivity contribution in [3.8, 4) is 6.07 Å². The number of nitriles is 1. The van der Waals surface area contributed by atoms with Crippen molar-refractivity contribution in [2.45, 2.75) is 98.4 Å². The van der Waals surface area contributed by atoms with Crippen molar-refractivity contribution < 1.29 is 24.5 Å². The summed E-state index contributed by atoms with van der Waals surface area (Å²) in [6.45, 7) is 10.8. The number of nitrogens with zero attached hydrogens (tertiary/aromatic N) is 2. The number of carbonyl (C=O) groups excluding carboxylic acids is 2. The largest absolute Gasteiger partial charge is 0.457 e. The first-order chi connectivity index (χ1) is 16.9. The lowest BCUT2D eigenvalue weighted by molar-refractivity contribution is -0.154. The lowest BCUT2D eigenvalue weighted by Crippen LogP contribution is -2.45. The molecule has 0 aliphatic carbocycles. The molecule has 1 aromatic heterocycles. The smallest absolute Gasteiger partial charge is 0.309 e. The molecule has 0 unspecified atom stereocenters. The Morgan fingerprint density at radius 1 is 1.33 bits per heavy atom. The van der Waals surface area contributed by atoms with Crippen molar-refractivity contribution in [2.24, 2.45) is 17.3 Å². The van der Waals surface area contributed by atoms with Gasteiger partial charge in [0.15, 0.2) is 0 Å². The van der Waals surface area contributed by atoms with Crippen molar-refractivity contribution in [2.75, 3.05) is 0 Å². The van der Waals surface area contributed by atoms with Gasteiger partial charge in [0.1, 0.15) is 16.9 Å². The van der Waals surface area contributed by atoms with Gasteiger partial charge in [0, 0.05) is 17.7 Å². The molecular weight excluding hydrogens is 476 g/mol. The number of hydrogen-bond acceptors (Lipinski definition) is 8. The number of aliphatic hydroxyl groups is 2. The van der Waals surface area contributed by atoms with Crippen LogP contribution < -0.4 is 0 Å². The molecule has 0 aromatic carbocycles. The third-order valence-corrected chi connectivity index (χ3v) is 8.07. The number of cyclic esters (lactones) is 1. The Hall–Kier alpha value is -2.34. The molecule has 0 bridgehead atoms. The zero-order valence-corrected chi connectivity index (χ0v) is 23.1. The number of hydrogen-bond donors (Lipinski definition) is 2. The second-order valence-electron chi connectivity index (χ2n) is 10.6. The van der Waals surface area contributed by atoms with E-state index in [-0.39, 0.29) is 24.5 Å². The van der Waals surface area contributed by atoms with Gasteiger partial charge in [-0.15, -0.1) is 11.3 Å². The number of esters is 1. The molecule has 2 heterocycles. The van der Waals surface area contributed by atoms with Gasteiger partial charge >= 0.3 is 5.97 Å². The zero-order chi connectivity index (χ0) is 27.0. The van der Waals surface area contributed by atoms with Crippen LogP contribution in [-0.4, -0.2) is 45.3 Å². The van der Waals surface area contributed by atoms with E-state index in [0.717, 1.165) is 35.4 Å². The number of Topliss-reactive ketones (excluding diaryl/α,β-unsaturated/α-hetero) is 1. The van der Waals surface area contributed by atoms with Crippen LogP contribution >= 0.6 is 11.3 Å². The molecule has 0 amide bonds. The van der Waals surface area contributed by atoms with Crippen LogP contribution in [0.15, 0.2) is 22.6 Å². The zero-order valence-electron chi connectivity index (χ0n) is 22.3. The number of carbonyl (C=O) groups is 2. The lowest BCUT2D eigenvalue weighted by atomic mass is 9.73. The van der Waals surface area contributed by atoms with E-state index >= 15 is 0 Å². The summed E-state index contributed by atoms with van der Waals surface area (Å²) in [5, 5.41) is 33.1. The molecule has 1 aliphatic heterocycles. The molecule has 198 valence electrons. The van der Waals surface area contributed by atoms with E-state index in [1.807, 2.05) is 32.2 Å². The van der Waals surface area contributed by atoms with Gasteiger partial charge < -0.3 is 14.9 Å². The molecule has 2 N–H and O–H groups in total. The Morgan fingerprint density at radius 2 is 2.03 bits per heavy atom. The van der Waals surface area contributed by atoms with Crippen LogP contribution in [0.2, 0.25) is 0 Å². The van der Waals surface area contributed by atoms with Gasteiger partial charge in [0.2, 0.25) is 0 Å². The molecule has 7 nitrogen and oxygen atoms in total. The highest BCUT2D eigenvalue weighted by Gasteiger charge is 2.42. The highest BCUT2D eigenvalue weighted by molar-refractivity contribution is 7.09. The second-order valence-corrected chi connectivity index (χ2v) is 11.6. The van der Waals surface area contributed by atoms with Crippen LogP contribution in [0, 0.1) is 28.6 Å². The van der Waals surface area contributed by atoms with Crippen LogP contribution in [0.5, 0.6) is 0 Å². The number of thiazole rings is 1. The fourth-order valence-electron chi connectivity index (χ4n) is 4.50. The first kappa shape index (κ1) is 29.9. The van der Waals surface area contributed by atoms with Gasteiger partial charge in [-0.2, -0.15) is 5.26 Å². The van der Waals surface area contributed by atoms with Crippen LogP contribution in [0.25, 0.3) is 6.08 Å². The van der Waals surface area contributed by atoms with E-state index in [1.54, 1.807) is 20.8 Å². The predicted molar refractivity (Wildman–Crippen MR) is 141 cm³/mol. The minimum Gasteiger partial charge on any atom is -0.457 e. The molecule has 0 fully saturated rings. The van der Waals surface area contributed by atoms with Gasteiger partial charge in [-0.3, -0.25) is 9.59 Å². The first-order valence-corrected chi connectivity index (χ1v) is 13.5. The molecule has 0 spiro atoms. The minimum atomic E-state index is -1.25. The number of ketones is 1. The SMILES string of the molecule is C/C1=C/C[C@@H](/C(C)=C/c2csc(CC#N)n2)OC(=O)C[C@H](O)C(C)(C)C(=O)[C@H](C)[C@@H](O)[C@@H](C)CCC1. The Morgan fingerprint density at radius 3 is 2.69 bits per heavy atom. The molecular formula is C28H40N2O5S. The number of ether oxygens (including phenoxy) is 1. The van der Waals surface area contributed by atoms with Crippen LogP contribution in [0.4, 0.5) is 0 Å². The standard InChI is InChI=1S/C28H40N2O5S/c1-17-8-7-9-18(2)26(33)20(4)27(34)28(5,6)23(31)15-25(32)35-22(11-10-17)19(3)14-21-16-36-24(30-21)12-13-29/h10,14,16,18,20,22-23,26,31,33H,7-9,11-12,15H2,1-6H3/b17-10-,19-14+/t18-,20+,22-,23-,26-/m0/s1. The average molecular weight is 517 g/mol. The maximum atomic E-state index is 13.2. The summed E-state index contributed by atoms with van der Waals surface area (Å²) < 4.78 is 5.80. The fraction of sp³-hybridized carbons (Fsp3) is 0.643. The average Bonchev–Trinajstić information content (AvgIpc) is 3.26. The summed E-state index contributed by atoms with van der Waals surface area (Å²) in [5.41, 5.74) is 1.45. The molecule has 0 saturated carbocycles. The fourth-order valence-corrected chi connectivity index (χ4v) is 5.18. The van der Waals surface area contributed by atoms with Gasteiger partial charge in [-0.25, -0.2) is 4.98 Å². The van der Waals surface area contributed by atoms with E-state index in [0.29, 0.717) is 12.1 Å². The van der Waals surface area contributed by atoms with Crippen molar-refractivity contribution >= 4 is 29.2 Å². The summed E-state index contributed by atoms with van der Waals surface area (Å²) in [6, 6.07) is 2.09. The molecule has 5 atom stereocenters. The van der Waals surface area contributed by atoms with E-state index in [2.05, 4.69) is 17.1 Å². The normalized spacial score (nSPS) is 30.7. The summed E-state index contributed by atoms with van der Waals surface area (Å²) in [4.78, 5) is 30.5. The monoisotopic (exact) mass is 516 g/mol. The maximum Gasteiger partial charge on any atom is 0.309 e. The van der Waals surface area contributed by atoms with Gasteiger partial charge in [-0.05, 0) is 50.7 Å². The number of aliphatic hydroxyl groups excluding tert-OH is 2. The molecule has 0 saturated heterocycles. The first-order valence-electron chi connectivity index (χ1n) is 12.6. The van der Waals surface area contributed by atoms with Gasteiger partial charge in [0.05, 0.1) is 42.2 Å². The second kappa shape index (κ2) is 13.3. The summed E-state index contributed by atoms with van der Waals surface area (Å²) >= 11 is 1.41. The van der Waals surface area contributed by atoms with E-state index in [4.69, 9.17) is 10.00 Å². The quantitative estimate of drug-likeness (QED) is 0.427. The molecule has 2 rings (SSSR count).